The van der Waals surface area contributed by atoms with Crippen molar-refractivity contribution in [2.45, 2.75) is 154 Å². The van der Waals surface area contributed by atoms with Gasteiger partial charge in [0.1, 0.15) is 122 Å². The standard InChI is InChI=1S/C30H52O26/c31-1-6-12(37)17(42)22(26(47)48-6)53-28-24(19(44)14(39)8(3-33)50-28)55-30-25(20(45)15(40)10(5-35)52-30)56-29-23(18(43)13(38)9(4-34)51-29)54-27-21(46)16(41)11(36)7(2-32)49-27/h6-47H,1-5H2/t6-,7-,8-,9-,10-,11-,12-,13-,14-,15-,16+,17+,18+,19+,20+,21+,22+,23+,24+,25+,26-,27+,28+,29+,30+/m1/s1. The summed E-state index contributed by atoms with van der Waals surface area (Å²) in [5.41, 5.74) is 0. The van der Waals surface area contributed by atoms with Gasteiger partial charge in [-0.3, -0.25) is 0 Å². The second-order valence-electron chi connectivity index (χ2n) is 13.9. The molecule has 25 atom stereocenters. The number of hydrogen-bond donors (Lipinski definition) is 17. The zero-order chi connectivity index (χ0) is 41.3. The van der Waals surface area contributed by atoms with Gasteiger partial charge in [-0.1, -0.05) is 0 Å². The molecule has 0 bridgehead atoms. The molecule has 5 saturated heterocycles. The molecule has 0 aromatic heterocycles. The third-order valence-corrected chi connectivity index (χ3v) is 10.3. The molecule has 0 aromatic carbocycles. The highest BCUT2D eigenvalue weighted by Gasteiger charge is 2.57. The highest BCUT2D eigenvalue weighted by molar-refractivity contribution is 4.98. The summed E-state index contributed by atoms with van der Waals surface area (Å²) in [6.07, 6.45) is -48.2. The summed E-state index contributed by atoms with van der Waals surface area (Å²) in [5.74, 6) is 0. The van der Waals surface area contributed by atoms with Crippen LogP contribution in [0.1, 0.15) is 0 Å². The molecule has 328 valence electrons. The lowest BCUT2D eigenvalue weighted by Crippen LogP contribution is -2.68. The van der Waals surface area contributed by atoms with E-state index in [0.717, 1.165) is 0 Å². The molecule has 5 rings (SSSR count). The van der Waals surface area contributed by atoms with E-state index in [9.17, 15) is 86.8 Å². The van der Waals surface area contributed by atoms with Crippen molar-refractivity contribution in [2.24, 2.45) is 0 Å². The second kappa shape index (κ2) is 19.6. The van der Waals surface area contributed by atoms with Gasteiger partial charge in [0, 0.05) is 0 Å². The largest absolute Gasteiger partial charge is 0.394 e. The first-order valence-electron chi connectivity index (χ1n) is 17.6. The van der Waals surface area contributed by atoms with E-state index in [4.69, 9.17) is 42.6 Å². The average molecular weight is 829 g/mol. The number of aliphatic hydroxyl groups excluding tert-OH is 17. The van der Waals surface area contributed by atoms with Gasteiger partial charge in [0.2, 0.25) is 0 Å². The lowest BCUT2D eigenvalue weighted by Gasteiger charge is -2.50. The van der Waals surface area contributed by atoms with Crippen LogP contribution in [-0.4, -0.2) is 273 Å². The molecule has 0 radical (unpaired) electrons. The minimum atomic E-state index is -2.16. The molecule has 56 heavy (non-hydrogen) atoms. The molecule has 5 heterocycles. The first-order chi connectivity index (χ1) is 26.5. The summed E-state index contributed by atoms with van der Waals surface area (Å²) in [6.45, 7) is -4.60. The summed E-state index contributed by atoms with van der Waals surface area (Å²) >= 11 is 0. The van der Waals surface area contributed by atoms with Gasteiger partial charge in [-0.2, -0.15) is 0 Å². The zero-order valence-corrected chi connectivity index (χ0v) is 29.2. The molecule has 0 amide bonds. The molecular weight excluding hydrogens is 776 g/mol. The third-order valence-electron chi connectivity index (χ3n) is 10.3. The number of rotatable bonds is 13. The molecule has 17 N–H and O–H groups in total. The topological polar surface area (TPSA) is 427 Å². The molecular formula is C30H52O26. The van der Waals surface area contributed by atoms with Crippen LogP contribution in [0.3, 0.4) is 0 Å². The summed E-state index contributed by atoms with van der Waals surface area (Å²) in [4.78, 5) is 0. The van der Waals surface area contributed by atoms with Crippen molar-refractivity contribution in [1.82, 2.24) is 0 Å². The van der Waals surface area contributed by atoms with Crippen LogP contribution in [0.2, 0.25) is 0 Å². The van der Waals surface area contributed by atoms with E-state index in [1.54, 1.807) is 0 Å². The van der Waals surface area contributed by atoms with Gasteiger partial charge in [0.15, 0.2) is 31.5 Å². The Bertz CT molecular complexity index is 1210. The minimum absolute atomic E-state index is 0.833. The van der Waals surface area contributed by atoms with Crippen molar-refractivity contribution in [3.8, 4) is 0 Å². The maximum atomic E-state index is 11.3. The fraction of sp³-hybridized carbons (Fsp3) is 1.00. The molecule has 0 spiro atoms. The van der Waals surface area contributed by atoms with Crippen LogP contribution < -0.4 is 0 Å². The smallest absolute Gasteiger partial charge is 0.187 e. The highest BCUT2D eigenvalue weighted by atomic mass is 16.8. The van der Waals surface area contributed by atoms with E-state index >= 15 is 0 Å². The Morgan fingerprint density at radius 2 is 0.518 bits per heavy atom. The first kappa shape index (κ1) is 46.0. The number of hydrogen-bond acceptors (Lipinski definition) is 26. The predicted octanol–water partition coefficient (Wildman–Crippen LogP) is -11.9. The molecule has 26 nitrogen and oxygen atoms in total. The Kier molecular flexibility index (Phi) is 16.1. The van der Waals surface area contributed by atoms with Crippen molar-refractivity contribution >= 4 is 0 Å². The van der Waals surface area contributed by atoms with E-state index in [-0.39, 0.29) is 0 Å². The molecule has 26 heteroatoms. The predicted molar refractivity (Wildman–Crippen MR) is 167 cm³/mol. The van der Waals surface area contributed by atoms with E-state index in [0.29, 0.717) is 0 Å². The van der Waals surface area contributed by atoms with Gasteiger partial charge in [0.05, 0.1) is 33.0 Å². The van der Waals surface area contributed by atoms with Gasteiger partial charge in [-0.05, 0) is 0 Å². The molecule has 0 aromatic rings. The second-order valence-corrected chi connectivity index (χ2v) is 13.9. The minimum Gasteiger partial charge on any atom is -0.394 e. The van der Waals surface area contributed by atoms with Crippen molar-refractivity contribution in [3.63, 3.8) is 0 Å². The van der Waals surface area contributed by atoms with Gasteiger partial charge in [-0.15, -0.1) is 0 Å². The summed E-state index contributed by atoms with van der Waals surface area (Å²) < 4.78 is 50.2. The fourth-order valence-electron chi connectivity index (χ4n) is 6.95. The maximum Gasteiger partial charge on any atom is 0.187 e. The van der Waals surface area contributed by atoms with Gasteiger partial charge >= 0.3 is 0 Å². The van der Waals surface area contributed by atoms with Crippen molar-refractivity contribution in [2.75, 3.05) is 33.0 Å². The van der Waals surface area contributed by atoms with E-state index < -0.39 is 187 Å². The van der Waals surface area contributed by atoms with Crippen LogP contribution in [0.25, 0.3) is 0 Å². The van der Waals surface area contributed by atoms with Gasteiger partial charge in [-0.25, -0.2) is 0 Å². The van der Waals surface area contributed by atoms with Crippen LogP contribution in [-0.2, 0) is 42.6 Å². The summed E-state index contributed by atoms with van der Waals surface area (Å²) in [5, 5.41) is 177. The van der Waals surface area contributed by atoms with E-state index in [2.05, 4.69) is 0 Å². The van der Waals surface area contributed by atoms with Crippen LogP contribution in [0.15, 0.2) is 0 Å². The Morgan fingerprint density at radius 1 is 0.268 bits per heavy atom. The van der Waals surface area contributed by atoms with Crippen molar-refractivity contribution < 1.29 is 129 Å². The molecule has 5 fully saturated rings. The Balaban J connectivity index is 1.45. The Labute approximate surface area is 316 Å². The number of aliphatic hydroxyl groups is 17. The van der Waals surface area contributed by atoms with Crippen molar-refractivity contribution in [3.05, 3.63) is 0 Å². The Hall–Kier alpha value is -1.04. The van der Waals surface area contributed by atoms with Crippen molar-refractivity contribution in [1.29, 1.82) is 0 Å². The quantitative estimate of drug-likeness (QED) is 0.0819. The van der Waals surface area contributed by atoms with Crippen LogP contribution >= 0.6 is 0 Å². The molecule has 0 saturated carbocycles. The van der Waals surface area contributed by atoms with Crippen LogP contribution in [0, 0.1) is 0 Å². The highest BCUT2D eigenvalue weighted by Crippen LogP contribution is 2.36. The van der Waals surface area contributed by atoms with Gasteiger partial charge in [0.25, 0.3) is 0 Å². The average Bonchev–Trinajstić information content (AvgIpc) is 3.19. The molecule has 5 aliphatic rings. The monoisotopic (exact) mass is 828 g/mol. The molecule has 0 aliphatic carbocycles. The molecule has 5 aliphatic heterocycles. The van der Waals surface area contributed by atoms with Gasteiger partial charge < -0.3 is 129 Å². The SMILES string of the molecule is OC[C@H]1O[C@@H](O[C@@H]2[C@H](O[C@@H]3[C@H](O[C@@H]4[C@H](O[C@H]5[C@@H](O)[C@H](O)[C@@H](CO)O[C@H]5O)O[C@H](CO)[C@@H](O)[C@@H]4O)O[C@H](CO)[C@@H](O)[C@@H]3O)O[C@H](CO)[C@@H](O)[C@@H]2O)[C@@H](O)[C@@H](O)[C@@H]1O. The van der Waals surface area contributed by atoms with E-state index in [1.807, 2.05) is 0 Å². The normalized spacial score (nSPS) is 53.2. The summed E-state index contributed by atoms with van der Waals surface area (Å²) in [7, 11) is 0. The van der Waals surface area contributed by atoms with Crippen LogP contribution in [0.5, 0.6) is 0 Å². The third kappa shape index (κ3) is 9.16. The number of ether oxygens (including phenoxy) is 9. The maximum absolute atomic E-state index is 11.3. The first-order valence-corrected chi connectivity index (χ1v) is 17.6. The van der Waals surface area contributed by atoms with Crippen LogP contribution in [0.4, 0.5) is 0 Å². The van der Waals surface area contributed by atoms with E-state index in [1.165, 1.54) is 0 Å². The lowest BCUT2D eigenvalue weighted by molar-refractivity contribution is -0.412. The zero-order valence-electron chi connectivity index (χ0n) is 29.2. The Morgan fingerprint density at radius 3 is 0.857 bits per heavy atom. The summed E-state index contributed by atoms with van der Waals surface area (Å²) in [6, 6.07) is 0. The molecule has 0 unspecified atom stereocenters. The fourth-order valence-corrected chi connectivity index (χ4v) is 6.95. The lowest BCUT2D eigenvalue weighted by atomic mass is 9.95.